The summed E-state index contributed by atoms with van der Waals surface area (Å²) in [7, 11) is -2.20. The number of carbonyl (C=O) groups is 2. The van der Waals surface area contributed by atoms with Crippen LogP contribution < -0.4 is 10.0 Å². The Labute approximate surface area is 217 Å². The normalized spacial score (nSPS) is 15.6. The van der Waals surface area contributed by atoms with E-state index in [-0.39, 0.29) is 17.3 Å². The number of halogens is 1. The van der Waals surface area contributed by atoms with Gasteiger partial charge in [0.1, 0.15) is 6.04 Å². The van der Waals surface area contributed by atoms with Crippen LogP contribution in [0.4, 0.5) is 0 Å². The van der Waals surface area contributed by atoms with Gasteiger partial charge in [-0.3, -0.25) is 9.59 Å². The van der Waals surface area contributed by atoms with Crippen molar-refractivity contribution < 1.29 is 22.4 Å². The number of hydrogen-bond donors (Lipinski definition) is 2. The maximum atomic E-state index is 13.3. The fourth-order valence-corrected chi connectivity index (χ4v) is 5.80. The van der Waals surface area contributed by atoms with Gasteiger partial charge in [0.15, 0.2) is 0 Å². The van der Waals surface area contributed by atoms with E-state index in [1.807, 2.05) is 7.05 Å². The Bertz CT molecular complexity index is 1350. The van der Waals surface area contributed by atoms with E-state index in [2.05, 4.69) is 25.1 Å². The molecule has 2 N–H and O–H groups in total. The summed E-state index contributed by atoms with van der Waals surface area (Å²) in [5.74, 6) is -0.343. The van der Waals surface area contributed by atoms with E-state index in [9.17, 15) is 18.0 Å². The summed E-state index contributed by atoms with van der Waals surface area (Å²) in [6.07, 6.45) is 0. The maximum Gasteiger partial charge on any atom is 0.261 e. The van der Waals surface area contributed by atoms with Crippen LogP contribution in [0.15, 0.2) is 45.7 Å². The Morgan fingerprint density at radius 1 is 1.17 bits per heavy atom. The van der Waals surface area contributed by atoms with Crippen LogP contribution in [0.3, 0.4) is 0 Å². The van der Waals surface area contributed by atoms with E-state index in [4.69, 9.17) is 16.0 Å². The molecule has 14 heteroatoms. The van der Waals surface area contributed by atoms with Crippen LogP contribution in [-0.2, 0) is 14.8 Å². The number of carbonyl (C=O) groups excluding carboxylic acids is 2. The van der Waals surface area contributed by atoms with Crippen molar-refractivity contribution in [3.05, 3.63) is 51.5 Å². The number of benzene rings is 1. The Morgan fingerprint density at radius 2 is 1.92 bits per heavy atom. The predicted octanol–water partition coefficient (Wildman–Crippen LogP) is 1.61. The Balaban J connectivity index is 1.55. The van der Waals surface area contributed by atoms with E-state index >= 15 is 0 Å². The lowest BCUT2D eigenvalue weighted by Gasteiger charge is -2.34. The molecular formula is C22H25ClN6O5S2. The van der Waals surface area contributed by atoms with Crippen LogP contribution in [0, 0.1) is 6.92 Å². The minimum atomic E-state index is -4.15. The highest BCUT2D eigenvalue weighted by Crippen LogP contribution is 2.22. The molecule has 1 fully saturated rings. The average Bonchev–Trinajstić information content (AvgIpc) is 3.50. The Kier molecular flexibility index (Phi) is 8.05. The van der Waals surface area contributed by atoms with E-state index in [0.29, 0.717) is 46.8 Å². The number of piperazine rings is 1. The number of aryl methyl sites for hydroxylation is 1. The summed E-state index contributed by atoms with van der Waals surface area (Å²) in [6.45, 7) is 3.63. The van der Waals surface area contributed by atoms with Gasteiger partial charge in [-0.15, -0.1) is 21.5 Å². The number of sulfonamides is 1. The summed E-state index contributed by atoms with van der Waals surface area (Å²) in [5.41, 5.74) is 0.420. The van der Waals surface area contributed by atoms with Gasteiger partial charge in [0.25, 0.3) is 5.91 Å². The number of aromatic nitrogens is 2. The SMILES string of the molecule is Cc1nnc(-c2cccc(S(=O)(=O)NC(CNC(=O)c3ccc(Cl)s3)C(=O)N3CCN(C)CC3)c2)o1. The lowest BCUT2D eigenvalue weighted by molar-refractivity contribution is -0.134. The molecule has 3 aromatic rings. The van der Waals surface area contributed by atoms with Crippen LogP contribution >= 0.6 is 22.9 Å². The first-order valence-electron chi connectivity index (χ1n) is 11.1. The minimum absolute atomic E-state index is 0.0802. The van der Waals surface area contributed by atoms with Crippen molar-refractivity contribution in [1.82, 2.24) is 30.0 Å². The maximum absolute atomic E-state index is 13.3. The molecule has 1 saturated heterocycles. The summed E-state index contributed by atoms with van der Waals surface area (Å²) >= 11 is 7.00. The molecule has 3 heterocycles. The Morgan fingerprint density at radius 3 is 2.56 bits per heavy atom. The number of nitrogens with one attached hydrogen (secondary N) is 2. The molecule has 1 atom stereocenters. The summed E-state index contributed by atoms with van der Waals surface area (Å²) in [4.78, 5) is 29.8. The van der Waals surface area contributed by atoms with Crippen molar-refractivity contribution >= 4 is 44.8 Å². The number of thiophene rings is 1. The zero-order valence-electron chi connectivity index (χ0n) is 19.6. The number of amides is 2. The highest BCUT2D eigenvalue weighted by Gasteiger charge is 2.31. The Hall–Kier alpha value is -2.84. The van der Waals surface area contributed by atoms with Crippen LogP contribution in [0.1, 0.15) is 15.6 Å². The van der Waals surface area contributed by atoms with Crippen LogP contribution in [0.5, 0.6) is 0 Å². The highest BCUT2D eigenvalue weighted by atomic mass is 35.5. The molecule has 0 saturated carbocycles. The highest BCUT2D eigenvalue weighted by molar-refractivity contribution is 7.89. The standard InChI is InChI=1S/C22H25ClN6O5S2/c1-14-25-26-21(34-14)15-4-3-5-16(12-15)36(32,33)27-17(22(31)29-10-8-28(2)9-11-29)13-24-20(30)18-6-7-19(23)35-18/h3-7,12,17,27H,8-11,13H2,1-2H3,(H,24,30). The molecule has 36 heavy (non-hydrogen) atoms. The second kappa shape index (κ2) is 11.0. The lowest BCUT2D eigenvalue weighted by atomic mass is 10.2. The molecule has 1 unspecified atom stereocenters. The fraction of sp³-hybridized carbons (Fsp3) is 0.364. The molecule has 0 spiro atoms. The van der Waals surface area contributed by atoms with Gasteiger partial charge in [-0.25, -0.2) is 8.42 Å². The smallest absolute Gasteiger partial charge is 0.261 e. The molecule has 0 bridgehead atoms. The van der Waals surface area contributed by atoms with Crippen LogP contribution in [0.2, 0.25) is 4.34 Å². The predicted molar refractivity (Wildman–Crippen MR) is 134 cm³/mol. The summed E-state index contributed by atoms with van der Waals surface area (Å²) in [5, 5.41) is 10.3. The molecule has 0 aliphatic carbocycles. The lowest BCUT2D eigenvalue weighted by Crippen LogP contribution is -2.57. The third-order valence-electron chi connectivity index (χ3n) is 5.59. The van der Waals surface area contributed by atoms with Crippen molar-refractivity contribution in [2.24, 2.45) is 0 Å². The molecule has 192 valence electrons. The summed E-state index contributed by atoms with van der Waals surface area (Å²) < 4.78 is 34.9. The fourth-order valence-electron chi connectivity index (χ4n) is 3.61. The summed E-state index contributed by atoms with van der Waals surface area (Å²) in [6, 6.07) is 7.92. The zero-order valence-corrected chi connectivity index (χ0v) is 22.0. The van der Waals surface area contributed by atoms with Gasteiger partial charge in [-0.1, -0.05) is 17.7 Å². The topological polar surface area (TPSA) is 138 Å². The first-order valence-corrected chi connectivity index (χ1v) is 13.7. The number of hydrogen-bond acceptors (Lipinski definition) is 9. The van der Waals surface area contributed by atoms with Gasteiger partial charge in [0.05, 0.1) is 14.1 Å². The molecule has 4 rings (SSSR count). The second-order valence-corrected chi connectivity index (χ2v) is 11.7. The van der Waals surface area contributed by atoms with E-state index in [1.165, 1.54) is 12.1 Å². The van der Waals surface area contributed by atoms with Crippen LogP contribution in [0.25, 0.3) is 11.5 Å². The van der Waals surface area contributed by atoms with Crippen LogP contribution in [-0.4, -0.2) is 86.0 Å². The third kappa shape index (κ3) is 6.28. The second-order valence-electron chi connectivity index (χ2n) is 8.27. The van der Waals surface area contributed by atoms with Crippen molar-refractivity contribution in [1.29, 1.82) is 0 Å². The van der Waals surface area contributed by atoms with E-state index in [0.717, 1.165) is 11.3 Å². The van der Waals surface area contributed by atoms with Gasteiger partial charge < -0.3 is 19.5 Å². The zero-order chi connectivity index (χ0) is 25.9. The number of nitrogens with zero attached hydrogens (tertiary/aromatic N) is 4. The number of likely N-dealkylation sites (N-methyl/N-ethyl adjacent to an activating group) is 1. The first kappa shape index (κ1) is 26.2. The van der Waals surface area contributed by atoms with Gasteiger partial charge >= 0.3 is 0 Å². The van der Waals surface area contributed by atoms with Crippen molar-refractivity contribution in [2.45, 2.75) is 17.9 Å². The van der Waals surface area contributed by atoms with Crippen molar-refractivity contribution in [2.75, 3.05) is 39.8 Å². The van der Waals surface area contributed by atoms with Crippen molar-refractivity contribution in [3.63, 3.8) is 0 Å². The average molecular weight is 553 g/mol. The quantitative estimate of drug-likeness (QED) is 0.430. The van der Waals surface area contributed by atoms with Gasteiger partial charge in [-0.05, 0) is 37.4 Å². The molecule has 11 nitrogen and oxygen atoms in total. The first-order chi connectivity index (χ1) is 17.1. The molecule has 2 aromatic heterocycles. The number of rotatable bonds is 8. The van der Waals surface area contributed by atoms with Gasteiger partial charge in [-0.2, -0.15) is 4.72 Å². The molecule has 1 aliphatic heterocycles. The molecule has 0 radical (unpaired) electrons. The molecule has 2 amide bonds. The molecular weight excluding hydrogens is 528 g/mol. The van der Waals surface area contributed by atoms with E-state index in [1.54, 1.807) is 36.1 Å². The minimum Gasteiger partial charge on any atom is -0.421 e. The monoisotopic (exact) mass is 552 g/mol. The van der Waals surface area contributed by atoms with E-state index < -0.39 is 27.9 Å². The van der Waals surface area contributed by atoms with Gasteiger partial charge in [0.2, 0.25) is 27.7 Å². The largest absolute Gasteiger partial charge is 0.421 e. The van der Waals surface area contributed by atoms with Crippen molar-refractivity contribution in [3.8, 4) is 11.5 Å². The molecule has 1 aliphatic rings. The molecule has 1 aromatic carbocycles. The van der Waals surface area contributed by atoms with Gasteiger partial charge in [0, 0.05) is 45.2 Å². The third-order valence-corrected chi connectivity index (χ3v) is 8.29.